The lowest BCUT2D eigenvalue weighted by Gasteiger charge is -2.18. The lowest BCUT2D eigenvalue weighted by molar-refractivity contribution is 0.428. The van der Waals surface area contributed by atoms with E-state index in [-0.39, 0.29) is 51.7 Å². The molecular formula is C25H26O7. The summed E-state index contributed by atoms with van der Waals surface area (Å²) in [6.07, 6.45) is 2.95. The van der Waals surface area contributed by atoms with E-state index in [0.717, 1.165) is 23.3 Å². The number of hydrogen-bond donors (Lipinski definition) is 5. The van der Waals surface area contributed by atoms with Crippen LogP contribution in [-0.2, 0) is 6.42 Å². The number of fused-ring (bicyclic) bond motifs is 1. The van der Waals surface area contributed by atoms with Gasteiger partial charge in [0.15, 0.2) is 5.76 Å². The molecule has 0 aliphatic carbocycles. The molecule has 0 spiro atoms. The van der Waals surface area contributed by atoms with E-state index in [1.807, 2.05) is 26.8 Å². The van der Waals surface area contributed by atoms with Crippen molar-refractivity contribution in [2.45, 2.75) is 33.6 Å². The third-order valence-corrected chi connectivity index (χ3v) is 5.39. The van der Waals surface area contributed by atoms with E-state index in [0.29, 0.717) is 6.42 Å². The van der Waals surface area contributed by atoms with Crippen molar-refractivity contribution in [3.8, 4) is 40.1 Å². The third kappa shape index (κ3) is 4.27. The first-order chi connectivity index (χ1) is 15.0. The van der Waals surface area contributed by atoms with Crippen LogP contribution < -0.4 is 5.43 Å². The van der Waals surface area contributed by atoms with Gasteiger partial charge >= 0.3 is 0 Å². The van der Waals surface area contributed by atoms with E-state index in [1.54, 1.807) is 0 Å². The van der Waals surface area contributed by atoms with Gasteiger partial charge in [0.25, 0.3) is 0 Å². The predicted molar refractivity (Wildman–Crippen MR) is 122 cm³/mol. The average Bonchev–Trinajstić information content (AvgIpc) is 2.69. The number of aromatic hydroxyl groups is 5. The molecule has 1 heterocycles. The molecule has 3 rings (SSSR count). The molecule has 0 amide bonds. The highest BCUT2D eigenvalue weighted by atomic mass is 16.4. The van der Waals surface area contributed by atoms with Gasteiger partial charge in [-0.1, -0.05) is 23.8 Å². The number of hydrogen-bond acceptors (Lipinski definition) is 7. The van der Waals surface area contributed by atoms with Crippen molar-refractivity contribution in [1.82, 2.24) is 0 Å². The van der Waals surface area contributed by atoms with E-state index in [4.69, 9.17) is 4.42 Å². The maximum atomic E-state index is 12.9. The van der Waals surface area contributed by atoms with Crippen molar-refractivity contribution in [3.63, 3.8) is 0 Å². The average molecular weight is 438 g/mol. The summed E-state index contributed by atoms with van der Waals surface area (Å²) >= 11 is 0. The highest BCUT2D eigenvalue weighted by Crippen LogP contribution is 2.42. The number of phenolic OH excluding ortho intramolecular Hbond substituents is 4. The monoisotopic (exact) mass is 438 g/mol. The predicted octanol–water partition coefficient (Wildman–Crippen LogP) is 5.08. The molecule has 0 aliphatic rings. The van der Waals surface area contributed by atoms with Crippen molar-refractivity contribution in [2.75, 3.05) is 0 Å². The van der Waals surface area contributed by atoms with Gasteiger partial charge in [0.2, 0.25) is 11.2 Å². The molecule has 0 bridgehead atoms. The maximum absolute atomic E-state index is 12.9. The highest BCUT2D eigenvalue weighted by molar-refractivity contribution is 5.91. The number of allylic oxidation sites excluding steroid dienone is 3. The van der Waals surface area contributed by atoms with Crippen molar-refractivity contribution < 1.29 is 29.9 Å². The Bertz CT molecular complexity index is 1290. The Morgan fingerprint density at radius 1 is 1.03 bits per heavy atom. The molecule has 3 aromatic rings. The number of benzene rings is 2. The summed E-state index contributed by atoms with van der Waals surface area (Å²) in [5.74, 6) is -2.69. The molecule has 0 saturated carbocycles. The Kier molecular flexibility index (Phi) is 6.20. The fourth-order valence-electron chi connectivity index (χ4n) is 3.55. The Balaban J connectivity index is 2.30. The summed E-state index contributed by atoms with van der Waals surface area (Å²) in [6, 6.07) is 4.62. The van der Waals surface area contributed by atoms with Crippen LogP contribution in [-0.4, -0.2) is 25.5 Å². The SMILES string of the molecule is C=C(C)C(CC=C(C)C)Cc1c(O)cc(O)c2c(=O)c(O)c(-c3ccc(O)cc3O)oc12. The van der Waals surface area contributed by atoms with E-state index in [9.17, 15) is 30.3 Å². The standard InChI is InChI=1S/C25H26O7/c1-12(2)5-6-14(13(3)4)9-17-19(28)11-20(29)21-22(30)23(31)25(32-24(17)21)16-8-7-15(26)10-18(16)27/h5,7-8,10-11,14,26-29,31H,3,6,9H2,1-2,4H3. The number of phenols is 4. The summed E-state index contributed by atoms with van der Waals surface area (Å²) in [5.41, 5.74) is 1.21. The molecule has 7 nitrogen and oxygen atoms in total. The van der Waals surface area contributed by atoms with Crippen LogP contribution in [0.2, 0.25) is 0 Å². The fraction of sp³-hybridized carbons (Fsp3) is 0.240. The van der Waals surface area contributed by atoms with Crippen molar-refractivity contribution in [2.24, 2.45) is 5.92 Å². The van der Waals surface area contributed by atoms with Crippen molar-refractivity contribution in [1.29, 1.82) is 0 Å². The van der Waals surface area contributed by atoms with Crippen LogP contribution >= 0.6 is 0 Å². The quantitative estimate of drug-likeness (QED) is 0.339. The zero-order chi connectivity index (χ0) is 23.7. The Hall–Kier alpha value is -3.87. The van der Waals surface area contributed by atoms with Gasteiger partial charge in [0.1, 0.15) is 34.0 Å². The second-order valence-electron chi connectivity index (χ2n) is 8.17. The molecule has 0 saturated heterocycles. The van der Waals surface area contributed by atoms with E-state index < -0.39 is 22.7 Å². The minimum atomic E-state index is -0.913. The van der Waals surface area contributed by atoms with Crippen molar-refractivity contribution in [3.05, 3.63) is 63.9 Å². The van der Waals surface area contributed by atoms with Gasteiger partial charge in [0.05, 0.1) is 5.56 Å². The largest absolute Gasteiger partial charge is 0.508 e. The molecular weight excluding hydrogens is 412 g/mol. The second-order valence-corrected chi connectivity index (χ2v) is 8.17. The second kappa shape index (κ2) is 8.70. The molecule has 0 fully saturated rings. The van der Waals surface area contributed by atoms with E-state index in [2.05, 4.69) is 6.58 Å². The smallest absolute Gasteiger partial charge is 0.238 e. The highest BCUT2D eigenvalue weighted by Gasteiger charge is 2.25. The molecule has 168 valence electrons. The Labute approximate surface area is 184 Å². The molecule has 32 heavy (non-hydrogen) atoms. The van der Waals surface area contributed by atoms with Gasteiger partial charge in [-0.2, -0.15) is 0 Å². The molecule has 0 aliphatic heterocycles. The molecule has 2 aromatic carbocycles. The van der Waals surface area contributed by atoms with Crippen LogP contribution in [0.1, 0.15) is 32.8 Å². The Morgan fingerprint density at radius 3 is 2.31 bits per heavy atom. The van der Waals surface area contributed by atoms with Gasteiger partial charge < -0.3 is 29.9 Å². The molecule has 0 radical (unpaired) electrons. The summed E-state index contributed by atoms with van der Waals surface area (Å²) in [4.78, 5) is 12.9. The summed E-state index contributed by atoms with van der Waals surface area (Å²) in [7, 11) is 0. The zero-order valence-corrected chi connectivity index (χ0v) is 18.1. The maximum Gasteiger partial charge on any atom is 0.238 e. The summed E-state index contributed by atoms with van der Waals surface area (Å²) < 4.78 is 5.82. The van der Waals surface area contributed by atoms with Gasteiger partial charge in [-0.25, -0.2) is 0 Å². The molecule has 1 atom stereocenters. The van der Waals surface area contributed by atoms with Crippen LogP contribution in [0.25, 0.3) is 22.3 Å². The van der Waals surface area contributed by atoms with Crippen LogP contribution in [0.15, 0.2) is 57.3 Å². The third-order valence-electron chi connectivity index (χ3n) is 5.39. The lowest BCUT2D eigenvalue weighted by Crippen LogP contribution is -2.09. The first-order valence-electron chi connectivity index (χ1n) is 10.1. The summed E-state index contributed by atoms with van der Waals surface area (Å²) in [6.45, 7) is 9.84. The van der Waals surface area contributed by atoms with Gasteiger partial charge in [0, 0.05) is 17.7 Å². The van der Waals surface area contributed by atoms with Crippen LogP contribution in [0.3, 0.4) is 0 Å². The lowest BCUT2D eigenvalue weighted by atomic mass is 9.88. The van der Waals surface area contributed by atoms with Gasteiger partial charge in [-0.15, -0.1) is 0 Å². The van der Waals surface area contributed by atoms with Gasteiger partial charge in [-0.3, -0.25) is 4.79 Å². The summed E-state index contributed by atoms with van der Waals surface area (Å²) in [5, 5.41) is 50.8. The minimum Gasteiger partial charge on any atom is -0.508 e. The van der Waals surface area contributed by atoms with E-state index in [1.165, 1.54) is 12.1 Å². The minimum absolute atomic E-state index is 0.0333. The number of rotatable bonds is 6. The van der Waals surface area contributed by atoms with Crippen LogP contribution in [0.4, 0.5) is 0 Å². The fourth-order valence-corrected chi connectivity index (χ4v) is 3.55. The molecule has 7 heteroatoms. The first-order valence-corrected chi connectivity index (χ1v) is 10.1. The van der Waals surface area contributed by atoms with Crippen LogP contribution in [0.5, 0.6) is 28.7 Å². The normalized spacial score (nSPS) is 12.0. The zero-order valence-electron chi connectivity index (χ0n) is 18.1. The topological polar surface area (TPSA) is 131 Å². The van der Waals surface area contributed by atoms with Crippen LogP contribution in [0, 0.1) is 5.92 Å². The Morgan fingerprint density at radius 2 is 1.72 bits per heavy atom. The van der Waals surface area contributed by atoms with Gasteiger partial charge in [-0.05, 0) is 51.7 Å². The molecule has 1 unspecified atom stereocenters. The molecule has 5 N–H and O–H groups in total. The van der Waals surface area contributed by atoms with Crippen molar-refractivity contribution >= 4 is 11.0 Å². The van der Waals surface area contributed by atoms with E-state index >= 15 is 0 Å². The first kappa shape index (κ1) is 22.8. The molecule has 1 aromatic heterocycles.